The maximum Gasteiger partial charge on any atom is 0.215 e. The minimum Gasteiger partial charge on any atom is -0.326 e. The molecule has 84 valence electrons. The lowest BCUT2D eigenvalue weighted by molar-refractivity contribution is 0.587. The van der Waals surface area contributed by atoms with E-state index in [1.165, 1.54) is 7.05 Å². The SMILES string of the molecule is CNS(=O)(=O)Cc1cc(C)ccc1CN. The van der Waals surface area contributed by atoms with Crippen LogP contribution in [0.15, 0.2) is 18.2 Å². The fraction of sp³-hybridized carbons (Fsp3) is 0.400. The topological polar surface area (TPSA) is 72.2 Å². The standard InChI is InChI=1S/C10H16N2O2S/c1-8-3-4-9(6-11)10(5-8)7-15(13,14)12-2/h3-5,12H,6-7,11H2,1-2H3. The Morgan fingerprint density at radius 3 is 2.53 bits per heavy atom. The van der Waals surface area contributed by atoms with E-state index in [2.05, 4.69) is 4.72 Å². The van der Waals surface area contributed by atoms with Crippen molar-refractivity contribution >= 4 is 10.0 Å². The van der Waals surface area contributed by atoms with Gasteiger partial charge in [-0.15, -0.1) is 0 Å². The lowest BCUT2D eigenvalue weighted by Crippen LogP contribution is -2.21. The summed E-state index contributed by atoms with van der Waals surface area (Å²) in [4.78, 5) is 0. The molecule has 0 radical (unpaired) electrons. The lowest BCUT2D eigenvalue weighted by Gasteiger charge is -2.09. The monoisotopic (exact) mass is 228 g/mol. The van der Waals surface area contributed by atoms with E-state index in [0.717, 1.165) is 16.7 Å². The molecule has 5 heteroatoms. The Hall–Kier alpha value is -0.910. The summed E-state index contributed by atoms with van der Waals surface area (Å²) in [6.07, 6.45) is 0. The molecule has 0 saturated heterocycles. The summed E-state index contributed by atoms with van der Waals surface area (Å²) in [5.41, 5.74) is 8.23. The predicted octanol–water partition coefficient (Wildman–Crippen LogP) is 0.503. The molecule has 0 heterocycles. The van der Waals surface area contributed by atoms with Crippen LogP contribution in [0, 0.1) is 6.92 Å². The van der Waals surface area contributed by atoms with Crippen LogP contribution in [0.1, 0.15) is 16.7 Å². The number of sulfonamides is 1. The molecule has 0 bridgehead atoms. The molecule has 1 aromatic carbocycles. The third kappa shape index (κ3) is 3.30. The second-order valence-corrected chi connectivity index (χ2v) is 5.37. The highest BCUT2D eigenvalue weighted by Crippen LogP contribution is 2.13. The zero-order chi connectivity index (χ0) is 11.5. The van der Waals surface area contributed by atoms with E-state index in [0.29, 0.717) is 6.54 Å². The molecule has 15 heavy (non-hydrogen) atoms. The van der Waals surface area contributed by atoms with Gasteiger partial charge < -0.3 is 5.73 Å². The third-order valence-corrected chi connectivity index (χ3v) is 3.55. The molecule has 0 aliphatic rings. The Bertz CT molecular complexity index is 441. The van der Waals surface area contributed by atoms with Crippen molar-refractivity contribution in [3.05, 3.63) is 34.9 Å². The normalized spacial score (nSPS) is 11.7. The minimum absolute atomic E-state index is 0.0162. The highest BCUT2D eigenvalue weighted by atomic mass is 32.2. The molecule has 0 amide bonds. The molecule has 0 unspecified atom stereocenters. The van der Waals surface area contributed by atoms with Crippen LogP contribution in [-0.4, -0.2) is 15.5 Å². The van der Waals surface area contributed by atoms with Gasteiger partial charge in [0.05, 0.1) is 5.75 Å². The highest BCUT2D eigenvalue weighted by Gasteiger charge is 2.11. The molecule has 0 fully saturated rings. The Kier molecular flexibility index (Phi) is 3.84. The van der Waals surface area contributed by atoms with Crippen molar-refractivity contribution in [2.75, 3.05) is 7.05 Å². The van der Waals surface area contributed by atoms with E-state index in [9.17, 15) is 8.42 Å². The summed E-state index contributed by atoms with van der Waals surface area (Å²) in [6, 6.07) is 5.66. The van der Waals surface area contributed by atoms with Gasteiger partial charge in [-0.25, -0.2) is 13.1 Å². The summed E-state index contributed by atoms with van der Waals surface area (Å²) in [7, 11) is -1.82. The summed E-state index contributed by atoms with van der Waals surface area (Å²) in [5, 5.41) is 0. The van der Waals surface area contributed by atoms with E-state index in [1.54, 1.807) is 0 Å². The first-order valence-electron chi connectivity index (χ1n) is 4.68. The summed E-state index contributed by atoms with van der Waals surface area (Å²) >= 11 is 0. The second-order valence-electron chi connectivity index (χ2n) is 3.44. The fourth-order valence-corrected chi connectivity index (χ4v) is 2.19. The maximum absolute atomic E-state index is 11.4. The summed E-state index contributed by atoms with van der Waals surface area (Å²) in [6.45, 7) is 2.28. The lowest BCUT2D eigenvalue weighted by atomic mass is 10.1. The van der Waals surface area contributed by atoms with E-state index in [4.69, 9.17) is 5.73 Å². The van der Waals surface area contributed by atoms with Gasteiger partial charge in [-0.2, -0.15) is 0 Å². The number of hydrogen-bond acceptors (Lipinski definition) is 3. The molecule has 0 aromatic heterocycles. The molecular formula is C10H16N2O2S. The Morgan fingerprint density at radius 1 is 1.33 bits per heavy atom. The van der Waals surface area contributed by atoms with Crippen LogP contribution in [0.25, 0.3) is 0 Å². The van der Waals surface area contributed by atoms with Gasteiger partial charge in [0, 0.05) is 6.54 Å². The van der Waals surface area contributed by atoms with Gasteiger partial charge in [0.15, 0.2) is 0 Å². The van der Waals surface area contributed by atoms with Crippen molar-refractivity contribution < 1.29 is 8.42 Å². The molecule has 4 nitrogen and oxygen atoms in total. The van der Waals surface area contributed by atoms with Crippen LogP contribution < -0.4 is 10.5 Å². The second kappa shape index (κ2) is 4.74. The van der Waals surface area contributed by atoms with Gasteiger partial charge in [0.1, 0.15) is 0 Å². The zero-order valence-electron chi connectivity index (χ0n) is 8.95. The molecule has 0 atom stereocenters. The van der Waals surface area contributed by atoms with Gasteiger partial charge in [-0.05, 0) is 25.1 Å². The Balaban J connectivity index is 3.08. The first-order chi connectivity index (χ1) is 6.98. The molecule has 3 N–H and O–H groups in total. The first-order valence-corrected chi connectivity index (χ1v) is 6.33. The van der Waals surface area contributed by atoms with Crippen LogP contribution in [0.5, 0.6) is 0 Å². The summed E-state index contributed by atoms with van der Waals surface area (Å²) < 4.78 is 25.1. The van der Waals surface area contributed by atoms with Crippen molar-refractivity contribution in [2.24, 2.45) is 5.73 Å². The number of benzene rings is 1. The molecular weight excluding hydrogens is 212 g/mol. The number of hydrogen-bond donors (Lipinski definition) is 2. The van der Waals surface area contributed by atoms with Crippen molar-refractivity contribution in [2.45, 2.75) is 19.2 Å². The van der Waals surface area contributed by atoms with Crippen LogP contribution in [-0.2, 0) is 22.3 Å². The highest BCUT2D eigenvalue weighted by molar-refractivity contribution is 7.88. The Morgan fingerprint density at radius 2 is 2.00 bits per heavy atom. The average molecular weight is 228 g/mol. The molecule has 1 rings (SSSR count). The molecule has 0 aliphatic heterocycles. The van der Waals surface area contributed by atoms with Gasteiger partial charge >= 0.3 is 0 Å². The average Bonchev–Trinajstić information content (AvgIpc) is 2.18. The fourth-order valence-electron chi connectivity index (χ4n) is 1.37. The van der Waals surface area contributed by atoms with Gasteiger partial charge in [0.2, 0.25) is 10.0 Å². The van der Waals surface area contributed by atoms with E-state index in [1.807, 2.05) is 25.1 Å². The largest absolute Gasteiger partial charge is 0.326 e. The van der Waals surface area contributed by atoms with E-state index in [-0.39, 0.29) is 5.75 Å². The Labute approximate surface area is 90.5 Å². The number of rotatable bonds is 4. The van der Waals surface area contributed by atoms with Crippen LogP contribution >= 0.6 is 0 Å². The number of nitrogens with one attached hydrogen (secondary N) is 1. The maximum atomic E-state index is 11.4. The summed E-state index contributed by atoms with van der Waals surface area (Å²) in [5.74, 6) is -0.0162. The predicted molar refractivity (Wildman–Crippen MR) is 60.8 cm³/mol. The van der Waals surface area contributed by atoms with Crippen molar-refractivity contribution in [1.29, 1.82) is 0 Å². The van der Waals surface area contributed by atoms with Crippen LogP contribution in [0.4, 0.5) is 0 Å². The number of nitrogens with two attached hydrogens (primary N) is 1. The van der Waals surface area contributed by atoms with Crippen LogP contribution in [0.3, 0.4) is 0 Å². The molecule has 0 saturated carbocycles. The van der Waals surface area contributed by atoms with Gasteiger partial charge in [-0.1, -0.05) is 23.8 Å². The number of aryl methyl sites for hydroxylation is 1. The zero-order valence-corrected chi connectivity index (χ0v) is 9.76. The smallest absolute Gasteiger partial charge is 0.215 e. The van der Waals surface area contributed by atoms with E-state index < -0.39 is 10.0 Å². The molecule has 1 aromatic rings. The van der Waals surface area contributed by atoms with Crippen molar-refractivity contribution in [3.8, 4) is 0 Å². The third-order valence-electron chi connectivity index (χ3n) is 2.24. The van der Waals surface area contributed by atoms with E-state index >= 15 is 0 Å². The minimum atomic E-state index is -3.23. The van der Waals surface area contributed by atoms with Crippen molar-refractivity contribution in [1.82, 2.24) is 4.72 Å². The molecule has 0 aliphatic carbocycles. The van der Waals surface area contributed by atoms with Gasteiger partial charge in [-0.3, -0.25) is 0 Å². The van der Waals surface area contributed by atoms with Crippen molar-refractivity contribution in [3.63, 3.8) is 0 Å². The van der Waals surface area contributed by atoms with Gasteiger partial charge in [0.25, 0.3) is 0 Å². The van der Waals surface area contributed by atoms with Crippen LogP contribution in [0.2, 0.25) is 0 Å². The first kappa shape index (κ1) is 12.2. The quantitative estimate of drug-likeness (QED) is 0.788. The molecule has 0 spiro atoms.